The Labute approximate surface area is 128 Å². The molecule has 21 heavy (non-hydrogen) atoms. The molecule has 1 aliphatic rings. The van der Waals surface area contributed by atoms with Gasteiger partial charge in [-0.15, -0.1) is 0 Å². The first-order valence-electron chi connectivity index (χ1n) is 8.00. The van der Waals surface area contributed by atoms with Gasteiger partial charge in [-0.1, -0.05) is 33.6 Å². The number of hydrogen-bond acceptors (Lipinski definition) is 2. The third-order valence-electron chi connectivity index (χ3n) is 4.60. The van der Waals surface area contributed by atoms with Crippen LogP contribution in [0.15, 0.2) is 24.3 Å². The number of rotatable bonds is 3. The minimum absolute atomic E-state index is 0.0354. The van der Waals surface area contributed by atoms with Gasteiger partial charge < -0.3 is 10.6 Å². The Morgan fingerprint density at radius 2 is 1.71 bits per heavy atom. The van der Waals surface area contributed by atoms with E-state index in [-0.39, 0.29) is 5.91 Å². The molecule has 3 heteroatoms. The van der Waals surface area contributed by atoms with Gasteiger partial charge in [0.15, 0.2) is 0 Å². The van der Waals surface area contributed by atoms with Crippen molar-refractivity contribution < 1.29 is 4.79 Å². The molecule has 116 valence electrons. The van der Waals surface area contributed by atoms with Crippen molar-refractivity contribution >= 4 is 11.6 Å². The molecule has 2 unspecified atom stereocenters. The lowest BCUT2D eigenvalue weighted by molar-refractivity contribution is 0.0963. The first-order chi connectivity index (χ1) is 9.91. The Morgan fingerprint density at radius 1 is 1.10 bits per heavy atom. The van der Waals surface area contributed by atoms with Crippen molar-refractivity contribution in [1.29, 1.82) is 0 Å². The fourth-order valence-corrected chi connectivity index (χ4v) is 3.42. The summed E-state index contributed by atoms with van der Waals surface area (Å²) in [4.78, 5) is 11.6. The van der Waals surface area contributed by atoms with Crippen molar-refractivity contribution in [2.45, 2.75) is 52.5 Å². The van der Waals surface area contributed by atoms with Gasteiger partial charge in [-0.2, -0.15) is 0 Å². The fraction of sp³-hybridized carbons (Fsp3) is 0.611. The summed E-state index contributed by atoms with van der Waals surface area (Å²) in [7, 11) is 1.66. The van der Waals surface area contributed by atoms with Gasteiger partial charge in [-0.25, -0.2) is 0 Å². The zero-order valence-corrected chi connectivity index (χ0v) is 13.7. The van der Waals surface area contributed by atoms with E-state index < -0.39 is 0 Å². The molecule has 1 saturated carbocycles. The zero-order valence-electron chi connectivity index (χ0n) is 13.7. The van der Waals surface area contributed by atoms with E-state index in [1.54, 1.807) is 7.05 Å². The summed E-state index contributed by atoms with van der Waals surface area (Å²) in [6.45, 7) is 7.02. The van der Waals surface area contributed by atoms with Gasteiger partial charge in [0.2, 0.25) is 0 Å². The van der Waals surface area contributed by atoms with Crippen LogP contribution in [-0.4, -0.2) is 19.0 Å². The van der Waals surface area contributed by atoms with Crippen molar-refractivity contribution in [3.05, 3.63) is 29.8 Å². The second kappa shape index (κ2) is 6.50. The Bertz CT molecular complexity index is 473. The lowest BCUT2D eigenvalue weighted by Crippen LogP contribution is -2.39. The monoisotopic (exact) mass is 288 g/mol. The van der Waals surface area contributed by atoms with Crippen LogP contribution in [0.2, 0.25) is 0 Å². The highest BCUT2D eigenvalue weighted by molar-refractivity contribution is 5.94. The van der Waals surface area contributed by atoms with Crippen molar-refractivity contribution in [3.8, 4) is 0 Å². The molecular formula is C18H28N2O. The molecule has 0 aliphatic heterocycles. The summed E-state index contributed by atoms with van der Waals surface area (Å²) < 4.78 is 0. The molecule has 1 amide bonds. The van der Waals surface area contributed by atoms with Gasteiger partial charge >= 0.3 is 0 Å². The number of nitrogens with one attached hydrogen (secondary N) is 2. The Kier molecular flexibility index (Phi) is 4.92. The van der Waals surface area contributed by atoms with Crippen LogP contribution in [0, 0.1) is 11.3 Å². The fourth-order valence-electron chi connectivity index (χ4n) is 3.42. The first-order valence-corrected chi connectivity index (χ1v) is 8.00. The lowest BCUT2D eigenvalue weighted by atomic mass is 9.69. The lowest BCUT2D eigenvalue weighted by Gasteiger charge is -2.41. The Balaban J connectivity index is 2.07. The summed E-state index contributed by atoms with van der Waals surface area (Å²) in [5.74, 6) is 0.664. The Morgan fingerprint density at radius 3 is 2.29 bits per heavy atom. The van der Waals surface area contributed by atoms with Crippen LogP contribution in [0.1, 0.15) is 56.8 Å². The number of amides is 1. The summed E-state index contributed by atoms with van der Waals surface area (Å²) in [5.41, 5.74) is 2.16. The third kappa shape index (κ3) is 3.99. The highest BCUT2D eigenvalue weighted by atomic mass is 16.1. The van der Waals surface area contributed by atoms with Crippen LogP contribution in [0.5, 0.6) is 0 Å². The molecule has 1 aromatic rings. The Hall–Kier alpha value is -1.51. The molecule has 2 N–H and O–H groups in total. The summed E-state index contributed by atoms with van der Waals surface area (Å²) in [6, 6.07) is 8.33. The molecule has 1 fully saturated rings. The molecule has 0 radical (unpaired) electrons. The number of anilines is 1. The van der Waals surface area contributed by atoms with Crippen LogP contribution in [0.4, 0.5) is 5.69 Å². The highest BCUT2D eigenvalue weighted by Gasteiger charge is 2.33. The normalized spacial score (nSPS) is 22.7. The zero-order chi connectivity index (χ0) is 15.5. The average molecular weight is 288 g/mol. The van der Waals surface area contributed by atoms with Crippen LogP contribution in [0.3, 0.4) is 0 Å². The summed E-state index contributed by atoms with van der Waals surface area (Å²) in [6.07, 6.45) is 5.19. The van der Waals surface area contributed by atoms with Crippen molar-refractivity contribution in [3.63, 3.8) is 0 Å². The second-order valence-corrected chi connectivity index (χ2v) is 7.16. The summed E-state index contributed by atoms with van der Waals surface area (Å²) in [5, 5.41) is 6.34. The molecule has 0 bridgehead atoms. The van der Waals surface area contributed by atoms with Crippen LogP contribution in [-0.2, 0) is 0 Å². The maximum atomic E-state index is 11.6. The molecule has 2 rings (SSSR count). The average Bonchev–Trinajstić information content (AvgIpc) is 2.47. The van der Waals surface area contributed by atoms with Gasteiger partial charge in [0.25, 0.3) is 5.91 Å². The highest BCUT2D eigenvalue weighted by Crippen LogP contribution is 2.39. The molecule has 0 spiro atoms. The largest absolute Gasteiger partial charge is 0.382 e. The minimum atomic E-state index is -0.0354. The first kappa shape index (κ1) is 15.9. The maximum absolute atomic E-state index is 11.6. The molecule has 0 heterocycles. The van der Waals surface area contributed by atoms with Crippen molar-refractivity contribution in [2.75, 3.05) is 12.4 Å². The molecule has 1 aliphatic carbocycles. The van der Waals surface area contributed by atoms with Gasteiger partial charge in [-0.05, 0) is 48.4 Å². The van der Waals surface area contributed by atoms with Crippen molar-refractivity contribution in [1.82, 2.24) is 5.32 Å². The van der Waals surface area contributed by atoms with E-state index in [1.165, 1.54) is 25.7 Å². The molecule has 2 atom stereocenters. The molecule has 0 saturated heterocycles. The maximum Gasteiger partial charge on any atom is 0.251 e. The standard InChI is InChI=1S/C18H28N2O/c1-18(2,3)15-7-5-6-8-16(15)20-14-11-9-13(10-12-14)17(21)19-4/h9-12,15-16,20H,5-8H2,1-4H3,(H,19,21). The van der Waals surface area contributed by atoms with E-state index in [4.69, 9.17) is 0 Å². The van der Waals surface area contributed by atoms with E-state index in [2.05, 4.69) is 31.4 Å². The smallest absolute Gasteiger partial charge is 0.251 e. The third-order valence-corrected chi connectivity index (χ3v) is 4.60. The number of benzene rings is 1. The number of carbonyl (C=O) groups is 1. The summed E-state index contributed by atoms with van der Waals surface area (Å²) >= 11 is 0. The van der Waals surface area contributed by atoms with Crippen LogP contribution in [0.25, 0.3) is 0 Å². The molecule has 3 nitrogen and oxygen atoms in total. The van der Waals surface area contributed by atoms with Crippen molar-refractivity contribution in [2.24, 2.45) is 11.3 Å². The van der Waals surface area contributed by atoms with Gasteiger partial charge in [0.05, 0.1) is 0 Å². The van der Waals surface area contributed by atoms with E-state index in [9.17, 15) is 4.79 Å². The second-order valence-electron chi connectivity index (χ2n) is 7.16. The molecule has 1 aromatic carbocycles. The topological polar surface area (TPSA) is 41.1 Å². The van der Waals surface area contributed by atoms with E-state index in [1.807, 2.05) is 24.3 Å². The number of hydrogen-bond donors (Lipinski definition) is 2. The predicted molar refractivity (Wildman–Crippen MR) is 88.7 cm³/mol. The SMILES string of the molecule is CNC(=O)c1ccc(NC2CCCCC2C(C)(C)C)cc1. The van der Waals surface area contributed by atoms with Crippen LogP contribution < -0.4 is 10.6 Å². The minimum Gasteiger partial charge on any atom is -0.382 e. The van der Waals surface area contributed by atoms with E-state index in [0.717, 1.165) is 5.69 Å². The molecular weight excluding hydrogens is 260 g/mol. The van der Waals surface area contributed by atoms with E-state index in [0.29, 0.717) is 22.9 Å². The number of carbonyl (C=O) groups excluding carboxylic acids is 1. The molecule has 0 aromatic heterocycles. The predicted octanol–water partition coefficient (Wildman–Crippen LogP) is 4.06. The van der Waals surface area contributed by atoms with E-state index >= 15 is 0 Å². The quantitative estimate of drug-likeness (QED) is 0.880. The van der Waals surface area contributed by atoms with Gasteiger partial charge in [-0.3, -0.25) is 4.79 Å². The van der Waals surface area contributed by atoms with Gasteiger partial charge in [0, 0.05) is 24.3 Å². The van der Waals surface area contributed by atoms with Gasteiger partial charge in [0.1, 0.15) is 0 Å². The van der Waals surface area contributed by atoms with Crippen LogP contribution >= 0.6 is 0 Å².